The van der Waals surface area contributed by atoms with Crippen molar-refractivity contribution in [2.75, 3.05) is 6.54 Å². The highest BCUT2D eigenvalue weighted by Gasteiger charge is 2.19. The van der Waals surface area contributed by atoms with Crippen molar-refractivity contribution in [2.24, 2.45) is 0 Å². The number of rotatable bonds is 1. The van der Waals surface area contributed by atoms with Gasteiger partial charge >= 0.3 is 0 Å². The van der Waals surface area contributed by atoms with E-state index in [4.69, 9.17) is 0 Å². The predicted octanol–water partition coefficient (Wildman–Crippen LogP) is 1.71. The van der Waals surface area contributed by atoms with Gasteiger partial charge in [0, 0.05) is 12.2 Å². The number of hydrogen-bond acceptors (Lipinski definition) is 3. The van der Waals surface area contributed by atoms with Gasteiger partial charge in [0.05, 0.1) is 5.69 Å². The largest absolute Gasteiger partial charge is 0.452 e. The molecule has 2 rings (SSSR count). The zero-order chi connectivity index (χ0) is 9.26. The molecule has 3 heteroatoms. The molecule has 3 nitrogen and oxygen atoms in total. The van der Waals surface area contributed by atoms with Crippen LogP contribution >= 0.6 is 0 Å². The Morgan fingerprint density at radius 1 is 1.62 bits per heavy atom. The minimum atomic E-state index is 0.404. The highest BCUT2D eigenvalue weighted by Crippen LogP contribution is 2.29. The summed E-state index contributed by atoms with van der Waals surface area (Å²) in [4.78, 5) is 10.6. The van der Waals surface area contributed by atoms with E-state index in [9.17, 15) is 0 Å². The fraction of sp³-hybridized carbons (Fsp3) is 0.500. The van der Waals surface area contributed by atoms with Gasteiger partial charge in [-0.05, 0) is 32.4 Å². The van der Waals surface area contributed by atoms with Crippen molar-refractivity contribution in [2.45, 2.75) is 25.8 Å². The van der Waals surface area contributed by atoms with Crippen molar-refractivity contribution in [3.8, 4) is 0 Å². The molecule has 0 aliphatic carbocycles. The van der Waals surface area contributed by atoms with Crippen LogP contribution in [0.2, 0.25) is 0 Å². The number of nitrogens with zero attached hydrogens (tertiary/aromatic N) is 3. The van der Waals surface area contributed by atoms with E-state index in [1.54, 1.807) is 0 Å². The predicted molar refractivity (Wildman–Crippen MR) is 50.8 cm³/mol. The average Bonchev–Trinajstić information content (AvgIpc) is 2.51. The molecule has 1 atom stereocenters. The fourth-order valence-electron chi connectivity index (χ4n) is 1.82. The zero-order valence-electron chi connectivity index (χ0n) is 7.90. The zero-order valence-corrected chi connectivity index (χ0v) is 7.90. The van der Waals surface area contributed by atoms with Crippen molar-refractivity contribution in [3.63, 3.8) is 0 Å². The van der Waals surface area contributed by atoms with E-state index in [0.29, 0.717) is 6.04 Å². The Morgan fingerprint density at radius 3 is 3.08 bits per heavy atom. The number of hydrogen-bond donors (Lipinski definition) is 0. The summed E-state index contributed by atoms with van der Waals surface area (Å²) in [5.74, 6) is 0.845. The van der Waals surface area contributed by atoms with E-state index in [2.05, 4.69) is 21.9 Å². The lowest BCUT2D eigenvalue weighted by atomic mass is 10.1. The maximum atomic E-state index is 4.41. The van der Waals surface area contributed by atoms with Crippen LogP contribution in [-0.4, -0.2) is 21.4 Å². The lowest BCUT2D eigenvalue weighted by Crippen LogP contribution is -2.16. The summed E-state index contributed by atoms with van der Waals surface area (Å²) < 4.78 is 0. The molecular weight excluding hydrogens is 162 g/mol. The van der Waals surface area contributed by atoms with E-state index in [-0.39, 0.29) is 0 Å². The van der Waals surface area contributed by atoms with Gasteiger partial charge in [0.2, 0.25) is 0 Å². The number of aryl methyl sites for hydroxylation is 1. The first-order valence-corrected chi connectivity index (χ1v) is 4.64. The summed E-state index contributed by atoms with van der Waals surface area (Å²) in [6, 6.07) is 2.39. The average molecular weight is 176 g/mol. The fourth-order valence-corrected chi connectivity index (χ4v) is 1.82. The normalized spacial score (nSPS) is 23.7. The van der Waals surface area contributed by atoms with Crippen LogP contribution in [0.3, 0.4) is 0 Å². The van der Waals surface area contributed by atoms with Crippen LogP contribution in [0.5, 0.6) is 0 Å². The second kappa shape index (κ2) is 3.42. The van der Waals surface area contributed by atoms with Crippen molar-refractivity contribution in [3.05, 3.63) is 30.8 Å². The van der Waals surface area contributed by atoms with Gasteiger partial charge in [-0.3, -0.25) is 7.05 Å². The van der Waals surface area contributed by atoms with Gasteiger partial charge in [-0.1, -0.05) is 0 Å². The Kier molecular flexibility index (Phi) is 2.27. The van der Waals surface area contributed by atoms with Crippen LogP contribution in [-0.2, 0) is 0 Å². The maximum absolute atomic E-state index is 4.41. The first kappa shape index (κ1) is 8.63. The SMILES string of the molecule is [CH2-]N1CCCC1c1ccnc(C)n1. The second-order valence-electron chi connectivity index (χ2n) is 3.50. The summed E-state index contributed by atoms with van der Waals surface area (Å²) in [6.45, 7) is 3.00. The highest BCUT2D eigenvalue weighted by atomic mass is 15.2. The van der Waals surface area contributed by atoms with Crippen molar-refractivity contribution >= 4 is 0 Å². The Balaban J connectivity index is 2.24. The van der Waals surface area contributed by atoms with Gasteiger partial charge < -0.3 is 4.90 Å². The molecule has 0 bridgehead atoms. The van der Waals surface area contributed by atoms with Crippen LogP contribution in [0.25, 0.3) is 0 Å². The van der Waals surface area contributed by atoms with Gasteiger partial charge in [0.1, 0.15) is 5.82 Å². The second-order valence-corrected chi connectivity index (χ2v) is 3.50. The number of likely N-dealkylation sites (tertiary alicyclic amines) is 1. The third-order valence-corrected chi connectivity index (χ3v) is 2.50. The first-order chi connectivity index (χ1) is 6.27. The first-order valence-electron chi connectivity index (χ1n) is 4.64. The van der Waals surface area contributed by atoms with E-state index >= 15 is 0 Å². The van der Waals surface area contributed by atoms with Crippen LogP contribution in [0.15, 0.2) is 12.3 Å². The van der Waals surface area contributed by atoms with E-state index in [0.717, 1.165) is 18.1 Å². The highest BCUT2D eigenvalue weighted by molar-refractivity contribution is 5.09. The van der Waals surface area contributed by atoms with Gasteiger partial charge in [0.25, 0.3) is 0 Å². The molecule has 1 saturated heterocycles. The quantitative estimate of drug-likeness (QED) is 0.610. The van der Waals surface area contributed by atoms with Gasteiger partial charge in [-0.2, -0.15) is 0 Å². The molecule has 70 valence electrons. The summed E-state index contributed by atoms with van der Waals surface area (Å²) in [5, 5.41) is 0. The number of aromatic nitrogens is 2. The standard InChI is InChI=1S/C10H14N3/c1-8-11-6-5-9(12-8)10-4-3-7-13(10)2/h5-6,10H,2-4,7H2,1H3/q-1. The molecule has 1 aromatic rings. The summed E-state index contributed by atoms with van der Waals surface area (Å²) in [6.07, 6.45) is 4.21. The smallest absolute Gasteiger partial charge is 0.125 e. The molecule has 1 fully saturated rings. The topological polar surface area (TPSA) is 29.0 Å². The summed E-state index contributed by atoms with van der Waals surface area (Å²) in [7, 11) is 4.00. The van der Waals surface area contributed by atoms with Crippen LogP contribution < -0.4 is 0 Å². The third kappa shape index (κ3) is 1.70. The molecule has 0 saturated carbocycles. The van der Waals surface area contributed by atoms with E-state index in [1.165, 1.54) is 12.8 Å². The minimum absolute atomic E-state index is 0.404. The van der Waals surface area contributed by atoms with Crippen molar-refractivity contribution in [1.82, 2.24) is 14.9 Å². The molecule has 1 aliphatic rings. The maximum Gasteiger partial charge on any atom is 0.125 e. The van der Waals surface area contributed by atoms with Crippen LogP contribution in [0.1, 0.15) is 30.4 Å². The van der Waals surface area contributed by atoms with E-state index < -0.39 is 0 Å². The molecular formula is C10H14N3-. The van der Waals surface area contributed by atoms with Gasteiger partial charge in [-0.15, -0.1) is 0 Å². The minimum Gasteiger partial charge on any atom is -0.452 e. The molecule has 0 amide bonds. The summed E-state index contributed by atoms with van der Waals surface area (Å²) in [5.41, 5.74) is 1.11. The molecule has 1 aliphatic heterocycles. The molecule has 0 N–H and O–H groups in total. The van der Waals surface area contributed by atoms with Gasteiger partial charge in [-0.25, -0.2) is 9.97 Å². The molecule has 1 unspecified atom stereocenters. The molecule has 0 aromatic carbocycles. The molecule has 0 radical (unpaired) electrons. The molecule has 1 aromatic heterocycles. The summed E-state index contributed by atoms with van der Waals surface area (Å²) >= 11 is 0. The van der Waals surface area contributed by atoms with Crippen molar-refractivity contribution in [1.29, 1.82) is 0 Å². The third-order valence-electron chi connectivity index (χ3n) is 2.50. The lowest BCUT2D eigenvalue weighted by molar-refractivity contribution is 0.345. The van der Waals surface area contributed by atoms with Crippen molar-refractivity contribution < 1.29 is 0 Å². The Labute approximate surface area is 78.8 Å². The van der Waals surface area contributed by atoms with Crippen LogP contribution in [0.4, 0.5) is 0 Å². The Hall–Kier alpha value is -0.960. The Morgan fingerprint density at radius 2 is 2.46 bits per heavy atom. The Bertz CT molecular complexity index is 298. The molecule has 13 heavy (non-hydrogen) atoms. The van der Waals surface area contributed by atoms with E-state index in [1.807, 2.05) is 19.2 Å². The lowest BCUT2D eigenvalue weighted by Gasteiger charge is -2.26. The molecule has 0 spiro atoms. The van der Waals surface area contributed by atoms with Crippen LogP contribution in [0, 0.1) is 14.0 Å². The molecule has 2 heterocycles. The van der Waals surface area contributed by atoms with Gasteiger partial charge in [0.15, 0.2) is 0 Å². The monoisotopic (exact) mass is 176 g/mol.